The molecule has 2 heterocycles. The summed E-state index contributed by atoms with van der Waals surface area (Å²) in [7, 11) is 1.81. The molecule has 0 aliphatic carbocycles. The summed E-state index contributed by atoms with van der Waals surface area (Å²) in [6, 6.07) is 9.37. The van der Waals surface area contributed by atoms with E-state index in [1.54, 1.807) is 23.0 Å². The van der Waals surface area contributed by atoms with Crippen molar-refractivity contribution in [1.29, 1.82) is 0 Å². The van der Waals surface area contributed by atoms with Gasteiger partial charge in [-0.05, 0) is 49.7 Å². The highest BCUT2D eigenvalue weighted by Crippen LogP contribution is 2.35. The molecule has 0 bridgehead atoms. The van der Waals surface area contributed by atoms with Crippen molar-refractivity contribution in [1.82, 2.24) is 14.1 Å². The Balaban J connectivity index is 2.11. The number of benzene rings is 1. The third-order valence-corrected chi connectivity index (χ3v) is 5.58. The minimum Gasteiger partial charge on any atom is -0.298 e. The Morgan fingerprint density at radius 3 is 2.31 bits per heavy atom. The van der Waals surface area contributed by atoms with Crippen LogP contribution < -0.4 is 5.69 Å². The van der Waals surface area contributed by atoms with Gasteiger partial charge in [-0.2, -0.15) is 0 Å². The quantitative estimate of drug-likeness (QED) is 0.582. The Labute approximate surface area is 166 Å². The maximum Gasteiger partial charge on any atom is 0.329 e. The second-order valence-corrected chi connectivity index (χ2v) is 8.23. The average Bonchev–Trinajstić information content (AvgIpc) is 2.79. The fraction of sp³-hybridized carbons (Fsp3) is 0.263. The highest BCUT2D eigenvalue weighted by molar-refractivity contribution is 7.99. The van der Waals surface area contributed by atoms with Gasteiger partial charge in [0.05, 0.1) is 5.69 Å². The third kappa shape index (κ3) is 4.00. The molecule has 4 nitrogen and oxygen atoms in total. The van der Waals surface area contributed by atoms with Crippen LogP contribution in [0.25, 0.3) is 0 Å². The second-order valence-electron chi connectivity index (χ2n) is 6.30. The van der Waals surface area contributed by atoms with Gasteiger partial charge in [0.15, 0.2) is 0 Å². The van der Waals surface area contributed by atoms with Crippen LogP contribution in [0.15, 0.2) is 57.4 Å². The standard InChI is InChI=1S/C19H19Cl2N3OS/c1-12(2)24-18(26-16-10-14(20)9-15(21)11-16)17(23(3)19(24)25)8-13-4-6-22-7-5-13/h4-7,9-12H,8H2,1-3H3. The van der Waals surface area contributed by atoms with E-state index in [2.05, 4.69) is 4.98 Å². The molecular weight excluding hydrogens is 389 g/mol. The van der Waals surface area contributed by atoms with E-state index < -0.39 is 0 Å². The van der Waals surface area contributed by atoms with Crippen LogP contribution in [0.4, 0.5) is 0 Å². The van der Waals surface area contributed by atoms with Gasteiger partial charge < -0.3 is 0 Å². The van der Waals surface area contributed by atoms with Crippen LogP contribution in [0.5, 0.6) is 0 Å². The van der Waals surface area contributed by atoms with E-state index in [0.717, 1.165) is 21.2 Å². The van der Waals surface area contributed by atoms with Crippen LogP contribution in [0.1, 0.15) is 31.1 Å². The zero-order valence-corrected chi connectivity index (χ0v) is 17.1. The lowest BCUT2D eigenvalue weighted by molar-refractivity contribution is 0.533. The first kappa shape index (κ1) is 19.1. The number of imidazole rings is 1. The Kier molecular flexibility index (Phi) is 5.80. The zero-order chi connectivity index (χ0) is 18.8. The number of halogens is 2. The fourth-order valence-corrected chi connectivity index (χ4v) is 4.76. The normalized spacial score (nSPS) is 11.3. The van der Waals surface area contributed by atoms with E-state index in [1.165, 1.54) is 11.8 Å². The van der Waals surface area contributed by atoms with Crippen LogP contribution in [0.2, 0.25) is 10.0 Å². The van der Waals surface area contributed by atoms with Gasteiger partial charge in [0.25, 0.3) is 0 Å². The zero-order valence-electron chi connectivity index (χ0n) is 14.7. The summed E-state index contributed by atoms with van der Waals surface area (Å²) >= 11 is 13.8. The number of hydrogen-bond acceptors (Lipinski definition) is 3. The third-order valence-electron chi connectivity index (χ3n) is 4.05. The molecule has 0 aliphatic rings. The molecule has 0 radical (unpaired) electrons. The molecule has 0 amide bonds. The molecule has 2 aromatic heterocycles. The number of rotatable bonds is 5. The van der Waals surface area contributed by atoms with Crippen molar-refractivity contribution in [2.75, 3.05) is 0 Å². The van der Waals surface area contributed by atoms with Gasteiger partial charge in [0.1, 0.15) is 5.03 Å². The second kappa shape index (κ2) is 7.91. The summed E-state index contributed by atoms with van der Waals surface area (Å²) in [6.45, 7) is 4.01. The Hall–Kier alpha value is -1.69. The predicted molar refractivity (Wildman–Crippen MR) is 108 cm³/mol. The Morgan fingerprint density at radius 1 is 1.12 bits per heavy atom. The SMILES string of the molecule is CC(C)n1c(Sc2cc(Cl)cc(Cl)c2)c(Cc2ccncc2)n(C)c1=O. The summed E-state index contributed by atoms with van der Waals surface area (Å²) in [4.78, 5) is 17.8. The van der Waals surface area contributed by atoms with Crippen molar-refractivity contribution < 1.29 is 0 Å². The van der Waals surface area contributed by atoms with Gasteiger partial charge >= 0.3 is 5.69 Å². The van der Waals surface area contributed by atoms with Gasteiger partial charge in [-0.3, -0.25) is 14.1 Å². The lowest BCUT2D eigenvalue weighted by Crippen LogP contribution is -2.24. The Bertz CT molecular complexity index is 960. The summed E-state index contributed by atoms with van der Waals surface area (Å²) in [5, 5.41) is 2.05. The van der Waals surface area contributed by atoms with Gasteiger partial charge in [-0.15, -0.1) is 0 Å². The van der Waals surface area contributed by atoms with Gasteiger partial charge in [0, 0.05) is 46.8 Å². The molecule has 0 saturated heterocycles. The highest BCUT2D eigenvalue weighted by atomic mass is 35.5. The molecule has 1 aromatic carbocycles. The van der Waals surface area contributed by atoms with Crippen LogP contribution >= 0.6 is 35.0 Å². The maximum absolute atomic E-state index is 12.8. The average molecular weight is 408 g/mol. The molecule has 3 aromatic rings. The van der Waals surface area contributed by atoms with Crippen LogP contribution in [-0.2, 0) is 13.5 Å². The van der Waals surface area contributed by atoms with Crippen LogP contribution in [0, 0.1) is 0 Å². The maximum atomic E-state index is 12.8. The number of pyridine rings is 1. The number of hydrogen-bond donors (Lipinski definition) is 0. The summed E-state index contributed by atoms with van der Waals surface area (Å²) in [6.07, 6.45) is 4.16. The predicted octanol–water partition coefficient (Wildman–Crippen LogP) is 5.21. The molecule has 136 valence electrons. The molecule has 26 heavy (non-hydrogen) atoms. The van der Waals surface area contributed by atoms with E-state index in [4.69, 9.17) is 23.2 Å². The van der Waals surface area contributed by atoms with E-state index in [0.29, 0.717) is 16.5 Å². The smallest absolute Gasteiger partial charge is 0.298 e. The van der Waals surface area contributed by atoms with E-state index >= 15 is 0 Å². The molecule has 0 spiro atoms. The van der Waals surface area contributed by atoms with Crippen molar-refractivity contribution in [3.63, 3.8) is 0 Å². The minimum atomic E-state index is -0.0281. The van der Waals surface area contributed by atoms with E-state index in [1.807, 2.05) is 49.7 Å². The Morgan fingerprint density at radius 2 is 1.73 bits per heavy atom. The first-order valence-electron chi connectivity index (χ1n) is 8.19. The largest absolute Gasteiger partial charge is 0.329 e. The molecule has 0 aliphatic heterocycles. The lowest BCUT2D eigenvalue weighted by atomic mass is 10.1. The van der Waals surface area contributed by atoms with Gasteiger partial charge in [-0.1, -0.05) is 35.0 Å². The lowest BCUT2D eigenvalue weighted by Gasteiger charge is -2.13. The van der Waals surface area contributed by atoms with Crippen molar-refractivity contribution >= 4 is 35.0 Å². The molecule has 0 N–H and O–H groups in total. The molecule has 0 saturated carbocycles. The first-order valence-corrected chi connectivity index (χ1v) is 9.77. The first-order chi connectivity index (χ1) is 12.4. The van der Waals surface area contributed by atoms with Crippen LogP contribution in [0.3, 0.4) is 0 Å². The topological polar surface area (TPSA) is 39.8 Å². The molecule has 7 heteroatoms. The van der Waals surface area contributed by atoms with Gasteiger partial charge in [-0.25, -0.2) is 4.79 Å². The van der Waals surface area contributed by atoms with E-state index in [-0.39, 0.29) is 11.7 Å². The number of nitrogens with zero attached hydrogens (tertiary/aromatic N) is 3. The van der Waals surface area contributed by atoms with Crippen molar-refractivity contribution in [2.45, 2.75) is 36.2 Å². The van der Waals surface area contributed by atoms with Crippen LogP contribution in [-0.4, -0.2) is 14.1 Å². The minimum absolute atomic E-state index is 0.0281. The van der Waals surface area contributed by atoms with Crippen molar-refractivity contribution in [3.05, 3.63) is 74.5 Å². The molecule has 3 rings (SSSR count). The van der Waals surface area contributed by atoms with Gasteiger partial charge in [0.2, 0.25) is 0 Å². The van der Waals surface area contributed by atoms with Crippen molar-refractivity contribution in [3.8, 4) is 0 Å². The fourth-order valence-electron chi connectivity index (χ4n) is 2.80. The van der Waals surface area contributed by atoms with E-state index in [9.17, 15) is 4.79 Å². The summed E-state index contributed by atoms with van der Waals surface area (Å²) in [5.41, 5.74) is 2.03. The monoisotopic (exact) mass is 407 g/mol. The summed E-state index contributed by atoms with van der Waals surface area (Å²) in [5.74, 6) is 0. The van der Waals surface area contributed by atoms with Crippen molar-refractivity contribution in [2.24, 2.45) is 7.05 Å². The summed E-state index contributed by atoms with van der Waals surface area (Å²) < 4.78 is 3.53. The molecule has 0 atom stereocenters. The molecule has 0 unspecified atom stereocenters. The highest BCUT2D eigenvalue weighted by Gasteiger charge is 2.21. The number of aromatic nitrogens is 3. The molecule has 0 fully saturated rings. The molecular formula is C19H19Cl2N3OS.